The predicted octanol–water partition coefficient (Wildman–Crippen LogP) is 1.86. The number of hydrogen-bond donors (Lipinski definition) is 1. The van der Waals surface area contributed by atoms with Gasteiger partial charge in [0.05, 0.1) is 5.92 Å². The normalized spacial score (nSPS) is 18.1. The highest BCUT2D eigenvalue weighted by Gasteiger charge is 2.27. The van der Waals surface area contributed by atoms with Crippen LogP contribution in [-0.2, 0) is 14.9 Å². The Morgan fingerprint density at radius 1 is 1.60 bits per heavy atom. The Morgan fingerprint density at radius 2 is 2.40 bits per heavy atom. The Morgan fingerprint density at radius 3 is 3.07 bits per heavy atom. The lowest BCUT2D eigenvalue weighted by Gasteiger charge is -2.04. The van der Waals surface area contributed by atoms with E-state index in [0.29, 0.717) is 12.8 Å². The quantitative estimate of drug-likeness (QED) is 0.517. The summed E-state index contributed by atoms with van der Waals surface area (Å²) in [5.74, 6) is -0.658. The first-order chi connectivity index (χ1) is 7.26. The average Bonchev–Trinajstić information content (AvgIpc) is 2.70. The lowest BCUT2D eigenvalue weighted by atomic mass is 9.97. The second-order valence-corrected chi connectivity index (χ2v) is 4.07. The molecule has 0 fully saturated rings. The van der Waals surface area contributed by atoms with Crippen LogP contribution in [0.1, 0.15) is 17.0 Å². The molecule has 4 heteroatoms. The molecule has 0 radical (unpaired) electrons. The number of halogens is 1. The number of anilines is 1. The minimum absolute atomic E-state index is 0.304. The number of fused-ring (bicyclic) bond motifs is 1. The van der Waals surface area contributed by atoms with Gasteiger partial charge in [0, 0.05) is 17.6 Å². The van der Waals surface area contributed by atoms with Gasteiger partial charge in [-0.15, -0.1) is 0 Å². The van der Waals surface area contributed by atoms with Crippen LogP contribution in [0.5, 0.6) is 0 Å². The highest BCUT2D eigenvalue weighted by molar-refractivity contribution is 9.08. The van der Waals surface area contributed by atoms with Gasteiger partial charge in [-0.05, 0) is 17.2 Å². The zero-order chi connectivity index (χ0) is 10.8. The summed E-state index contributed by atoms with van der Waals surface area (Å²) in [6.45, 7) is 0.526. The van der Waals surface area contributed by atoms with E-state index in [2.05, 4.69) is 21.2 Å². The predicted molar refractivity (Wildman–Crippen MR) is 61.4 cm³/mol. The van der Waals surface area contributed by atoms with Gasteiger partial charge in [-0.25, -0.2) is 0 Å². The summed E-state index contributed by atoms with van der Waals surface area (Å²) < 4.78 is 0. The Balaban J connectivity index is 2.36. The second-order valence-electron chi connectivity index (χ2n) is 3.51. The van der Waals surface area contributed by atoms with Gasteiger partial charge in [-0.3, -0.25) is 9.59 Å². The average molecular weight is 268 g/mol. The first kappa shape index (κ1) is 10.4. The number of carbonyl (C=O) groups is 2. The molecule has 0 bridgehead atoms. The van der Waals surface area contributed by atoms with Crippen LogP contribution in [0.15, 0.2) is 18.2 Å². The van der Waals surface area contributed by atoms with Crippen molar-refractivity contribution in [1.82, 2.24) is 0 Å². The second kappa shape index (κ2) is 4.14. The Bertz CT molecular complexity index is 417. The van der Waals surface area contributed by atoms with Gasteiger partial charge in [-0.2, -0.15) is 0 Å². The molecule has 0 saturated carbocycles. The molecule has 2 rings (SSSR count). The standard InChI is InChI=1S/C11H10BrNO2/c12-4-7-1-2-8-9(11(15)6-14)5-13-10(8)3-7/h1-3,6,9,13H,4-5H2. The van der Waals surface area contributed by atoms with Crippen molar-refractivity contribution in [1.29, 1.82) is 0 Å². The van der Waals surface area contributed by atoms with E-state index < -0.39 is 0 Å². The molecule has 1 atom stereocenters. The van der Waals surface area contributed by atoms with Crippen LogP contribution in [0, 0.1) is 0 Å². The summed E-state index contributed by atoms with van der Waals surface area (Å²) in [5, 5.41) is 3.93. The maximum atomic E-state index is 11.3. The Kier molecular flexibility index (Phi) is 2.86. The van der Waals surface area contributed by atoms with Crippen molar-refractivity contribution in [3.63, 3.8) is 0 Å². The number of rotatable bonds is 3. The SMILES string of the molecule is O=CC(=O)C1CNc2cc(CBr)ccc21. The van der Waals surface area contributed by atoms with Crippen LogP contribution in [0.4, 0.5) is 5.69 Å². The maximum absolute atomic E-state index is 11.3. The third kappa shape index (κ3) is 1.81. The summed E-state index contributed by atoms with van der Waals surface area (Å²) in [6.07, 6.45) is 0.403. The lowest BCUT2D eigenvalue weighted by molar-refractivity contribution is -0.130. The van der Waals surface area contributed by atoms with E-state index >= 15 is 0 Å². The molecular formula is C11H10BrNO2. The number of hydrogen-bond acceptors (Lipinski definition) is 3. The fourth-order valence-corrected chi connectivity index (χ4v) is 2.15. The molecule has 0 aliphatic carbocycles. The Labute approximate surface area is 96.0 Å². The summed E-state index contributed by atoms with van der Waals surface area (Å²) in [7, 11) is 0. The van der Waals surface area contributed by atoms with E-state index in [4.69, 9.17) is 0 Å². The van der Waals surface area contributed by atoms with Crippen LogP contribution >= 0.6 is 15.9 Å². The van der Waals surface area contributed by atoms with Crippen molar-refractivity contribution in [3.8, 4) is 0 Å². The summed E-state index contributed by atoms with van der Waals surface area (Å²) in [4.78, 5) is 21.8. The fourth-order valence-electron chi connectivity index (χ4n) is 1.80. The van der Waals surface area contributed by atoms with Gasteiger partial charge in [0.2, 0.25) is 5.78 Å². The molecule has 1 N–H and O–H groups in total. The van der Waals surface area contributed by atoms with Gasteiger partial charge < -0.3 is 5.32 Å². The van der Waals surface area contributed by atoms with Gasteiger partial charge >= 0.3 is 0 Å². The molecule has 1 unspecified atom stereocenters. The topological polar surface area (TPSA) is 46.2 Å². The molecule has 1 aromatic rings. The van der Waals surface area contributed by atoms with Gasteiger partial charge in [0.15, 0.2) is 6.29 Å². The fraction of sp³-hybridized carbons (Fsp3) is 0.273. The van der Waals surface area contributed by atoms with Crippen LogP contribution in [-0.4, -0.2) is 18.6 Å². The van der Waals surface area contributed by atoms with E-state index in [0.717, 1.165) is 22.1 Å². The van der Waals surface area contributed by atoms with Crippen LogP contribution in [0.3, 0.4) is 0 Å². The molecule has 0 amide bonds. The van der Waals surface area contributed by atoms with E-state index in [1.165, 1.54) is 0 Å². The number of benzene rings is 1. The van der Waals surface area contributed by atoms with Crippen molar-refractivity contribution >= 4 is 33.7 Å². The number of ketones is 1. The number of aldehydes is 1. The molecule has 0 spiro atoms. The first-order valence-electron chi connectivity index (χ1n) is 4.68. The largest absolute Gasteiger partial charge is 0.384 e. The molecule has 0 aromatic heterocycles. The van der Waals surface area contributed by atoms with Crippen molar-refractivity contribution in [2.45, 2.75) is 11.2 Å². The number of carbonyl (C=O) groups excluding carboxylic acids is 2. The molecule has 78 valence electrons. The van der Waals surface area contributed by atoms with Gasteiger partial charge in [0.25, 0.3) is 0 Å². The highest BCUT2D eigenvalue weighted by Crippen LogP contribution is 2.32. The minimum atomic E-state index is -0.354. The van der Waals surface area contributed by atoms with Crippen LogP contribution in [0.25, 0.3) is 0 Å². The molecule has 0 saturated heterocycles. The number of nitrogens with one attached hydrogen (secondary N) is 1. The third-order valence-electron chi connectivity index (χ3n) is 2.60. The van der Waals surface area contributed by atoms with E-state index in [1.807, 2.05) is 18.2 Å². The van der Waals surface area contributed by atoms with Crippen molar-refractivity contribution in [3.05, 3.63) is 29.3 Å². The summed E-state index contributed by atoms with van der Waals surface area (Å²) in [6, 6.07) is 5.88. The van der Waals surface area contributed by atoms with Crippen molar-refractivity contribution < 1.29 is 9.59 Å². The molecule has 3 nitrogen and oxygen atoms in total. The number of alkyl halides is 1. The van der Waals surface area contributed by atoms with Crippen molar-refractivity contribution in [2.75, 3.05) is 11.9 Å². The van der Waals surface area contributed by atoms with Crippen LogP contribution in [0.2, 0.25) is 0 Å². The van der Waals surface area contributed by atoms with E-state index in [9.17, 15) is 9.59 Å². The van der Waals surface area contributed by atoms with E-state index in [-0.39, 0.29) is 11.7 Å². The minimum Gasteiger partial charge on any atom is -0.384 e. The highest BCUT2D eigenvalue weighted by atomic mass is 79.9. The summed E-state index contributed by atoms with van der Waals surface area (Å²) in [5.41, 5.74) is 3.05. The molecule has 1 aromatic carbocycles. The lowest BCUT2D eigenvalue weighted by Crippen LogP contribution is -2.15. The zero-order valence-electron chi connectivity index (χ0n) is 8.00. The zero-order valence-corrected chi connectivity index (χ0v) is 9.58. The van der Waals surface area contributed by atoms with Gasteiger partial charge in [-0.1, -0.05) is 28.1 Å². The smallest absolute Gasteiger partial charge is 0.204 e. The van der Waals surface area contributed by atoms with E-state index in [1.54, 1.807) is 0 Å². The molecule has 1 aliphatic heterocycles. The maximum Gasteiger partial charge on any atom is 0.204 e. The Hall–Kier alpha value is -1.16. The summed E-state index contributed by atoms with van der Waals surface area (Å²) >= 11 is 3.37. The monoisotopic (exact) mass is 267 g/mol. The molecule has 1 heterocycles. The molecule has 15 heavy (non-hydrogen) atoms. The van der Waals surface area contributed by atoms with Crippen molar-refractivity contribution in [2.24, 2.45) is 0 Å². The first-order valence-corrected chi connectivity index (χ1v) is 5.80. The molecular weight excluding hydrogens is 258 g/mol. The van der Waals surface area contributed by atoms with Gasteiger partial charge in [0.1, 0.15) is 0 Å². The number of Topliss-reactive ketones (excluding diaryl/α,β-unsaturated/α-hetero) is 1. The third-order valence-corrected chi connectivity index (χ3v) is 3.25. The molecule has 1 aliphatic rings. The van der Waals surface area contributed by atoms with Crippen LogP contribution < -0.4 is 5.32 Å².